The van der Waals surface area contributed by atoms with Crippen LogP contribution in [0.25, 0.3) is 0 Å². The predicted octanol–water partition coefficient (Wildman–Crippen LogP) is 2.73. The summed E-state index contributed by atoms with van der Waals surface area (Å²) in [4.78, 5) is 4.95. The van der Waals surface area contributed by atoms with Gasteiger partial charge in [-0.15, -0.1) is 11.8 Å². The van der Waals surface area contributed by atoms with Gasteiger partial charge in [0.1, 0.15) is 0 Å². The molecule has 0 aromatic carbocycles. The molecule has 1 saturated heterocycles. The summed E-state index contributed by atoms with van der Waals surface area (Å²) in [5.74, 6) is 1.85. The monoisotopic (exact) mass is 213 g/mol. The fraction of sp³-hybridized carbons (Fsp3) is 0.909. The van der Waals surface area contributed by atoms with Gasteiger partial charge in [-0.05, 0) is 19.3 Å². The van der Waals surface area contributed by atoms with Crippen molar-refractivity contribution in [1.82, 2.24) is 0 Å². The summed E-state index contributed by atoms with van der Waals surface area (Å²) in [5.41, 5.74) is 0.252. The molecule has 0 radical (unpaired) electrons. The molecule has 1 fully saturated rings. The average molecular weight is 213 g/mol. The van der Waals surface area contributed by atoms with E-state index < -0.39 is 0 Å². The molecular formula is C11H19NOS. The van der Waals surface area contributed by atoms with Crippen LogP contribution in [0.1, 0.15) is 33.1 Å². The van der Waals surface area contributed by atoms with Crippen LogP contribution in [0.2, 0.25) is 0 Å². The first-order valence-corrected chi connectivity index (χ1v) is 6.55. The number of ether oxygens (including phenoxy) is 1. The number of nitrogens with zero attached hydrogens (tertiary/aromatic N) is 1. The van der Waals surface area contributed by atoms with Gasteiger partial charge in [-0.3, -0.25) is 4.99 Å². The lowest BCUT2D eigenvalue weighted by atomic mass is 9.93. The van der Waals surface area contributed by atoms with E-state index in [1.54, 1.807) is 0 Å². The number of rotatable bonds is 2. The van der Waals surface area contributed by atoms with E-state index in [4.69, 9.17) is 9.73 Å². The molecule has 1 unspecified atom stereocenters. The van der Waals surface area contributed by atoms with Crippen molar-refractivity contribution in [3.8, 4) is 0 Å². The van der Waals surface area contributed by atoms with E-state index in [-0.39, 0.29) is 5.54 Å². The molecule has 3 heteroatoms. The van der Waals surface area contributed by atoms with E-state index in [0.717, 1.165) is 26.1 Å². The van der Waals surface area contributed by atoms with E-state index in [9.17, 15) is 0 Å². The Labute approximate surface area is 90.5 Å². The zero-order chi connectivity index (χ0) is 10.0. The van der Waals surface area contributed by atoms with Gasteiger partial charge in [-0.25, -0.2) is 0 Å². The van der Waals surface area contributed by atoms with Crippen LogP contribution >= 0.6 is 11.8 Å². The quantitative estimate of drug-likeness (QED) is 0.703. The zero-order valence-corrected chi connectivity index (χ0v) is 9.90. The molecule has 0 aliphatic carbocycles. The molecule has 1 atom stereocenters. The standard InChI is InChI=1S/C11H19NOS/c1-3-9(2)10-12-11(8-14-10)4-6-13-7-5-11/h9H,3-8H2,1-2H3. The summed E-state index contributed by atoms with van der Waals surface area (Å²) in [7, 11) is 0. The highest BCUT2D eigenvalue weighted by molar-refractivity contribution is 8.14. The fourth-order valence-corrected chi connectivity index (χ4v) is 3.42. The van der Waals surface area contributed by atoms with Crippen LogP contribution < -0.4 is 0 Å². The van der Waals surface area contributed by atoms with E-state index >= 15 is 0 Å². The molecular weight excluding hydrogens is 194 g/mol. The van der Waals surface area contributed by atoms with Crippen molar-refractivity contribution in [3.63, 3.8) is 0 Å². The Morgan fingerprint density at radius 2 is 2.21 bits per heavy atom. The summed E-state index contributed by atoms with van der Waals surface area (Å²) in [5, 5.41) is 1.38. The van der Waals surface area contributed by atoms with Crippen LogP contribution in [-0.4, -0.2) is 29.5 Å². The summed E-state index contributed by atoms with van der Waals surface area (Å²) < 4.78 is 5.40. The van der Waals surface area contributed by atoms with Gasteiger partial charge >= 0.3 is 0 Å². The molecule has 14 heavy (non-hydrogen) atoms. The summed E-state index contributed by atoms with van der Waals surface area (Å²) in [6, 6.07) is 0. The number of aliphatic imine (C=N–C) groups is 1. The van der Waals surface area contributed by atoms with Crippen LogP contribution in [0.4, 0.5) is 0 Å². The molecule has 2 heterocycles. The average Bonchev–Trinajstić information content (AvgIpc) is 2.62. The summed E-state index contributed by atoms with van der Waals surface area (Å²) in [6.45, 7) is 6.32. The van der Waals surface area contributed by atoms with E-state index in [1.165, 1.54) is 17.2 Å². The minimum atomic E-state index is 0.252. The Kier molecular flexibility index (Phi) is 3.17. The highest BCUT2D eigenvalue weighted by Gasteiger charge is 2.37. The lowest BCUT2D eigenvalue weighted by molar-refractivity contribution is 0.0624. The second kappa shape index (κ2) is 4.23. The highest BCUT2D eigenvalue weighted by Crippen LogP contribution is 2.38. The Balaban J connectivity index is 2.05. The number of hydrogen-bond donors (Lipinski definition) is 0. The Hall–Kier alpha value is -0.0200. The van der Waals surface area contributed by atoms with Crippen molar-refractivity contribution >= 4 is 16.8 Å². The van der Waals surface area contributed by atoms with Crippen molar-refractivity contribution in [2.75, 3.05) is 19.0 Å². The maximum atomic E-state index is 5.40. The van der Waals surface area contributed by atoms with E-state index in [1.807, 2.05) is 11.8 Å². The van der Waals surface area contributed by atoms with Gasteiger partial charge in [-0.1, -0.05) is 13.8 Å². The van der Waals surface area contributed by atoms with Gasteiger partial charge < -0.3 is 4.74 Å². The van der Waals surface area contributed by atoms with Crippen LogP contribution in [0, 0.1) is 5.92 Å². The minimum Gasteiger partial charge on any atom is -0.381 e. The number of hydrogen-bond acceptors (Lipinski definition) is 3. The molecule has 0 N–H and O–H groups in total. The van der Waals surface area contributed by atoms with Gasteiger partial charge in [0, 0.05) is 24.9 Å². The fourth-order valence-electron chi connectivity index (χ4n) is 1.94. The summed E-state index contributed by atoms with van der Waals surface area (Å²) in [6.07, 6.45) is 3.46. The predicted molar refractivity (Wildman–Crippen MR) is 62.1 cm³/mol. The topological polar surface area (TPSA) is 21.6 Å². The van der Waals surface area contributed by atoms with Crippen LogP contribution in [-0.2, 0) is 4.74 Å². The molecule has 0 amide bonds. The molecule has 0 saturated carbocycles. The third kappa shape index (κ3) is 1.98. The second-order valence-electron chi connectivity index (χ2n) is 4.38. The highest BCUT2D eigenvalue weighted by atomic mass is 32.2. The van der Waals surface area contributed by atoms with Crippen molar-refractivity contribution in [2.24, 2.45) is 10.9 Å². The smallest absolute Gasteiger partial charge is 0.0755 e. The normalized spacial score (nSPS) is 27.7. The van der Waals surface area contributed by atoms with Crippen LogP contribution in [0.3, 0.4) is 0 Å². The zero-order valence-electron chi connectivity index (χ0n) is 9.08. The van der Waals surface area contributed by atoms with Gasteiger partial charge in [0.15, 0.2) is 0 Å². The molecule has 0 aromatic heterocycles. The lowest BCUT2D eigenvalue weighted by Gasteiger charge is -2.29. The molecule has 2 rings (SSSR count). The molecule has 2 aliphatic heterocycles. The first-order chi connectivity index (χ1) is 6.76. The molecule has 2 nitrogen and oxygen atoms in total. The maximum Gasteiger partial charge on any atom is 0.0755 e. The summed E-state index contributed by atoms with van der Waals surface area (Å²) >= 11 is 1.97. The first-order valence-electron chi connectivity index (χ1n) is 5.56. The van der Waals surface area contributed by atoms with Gasteiger partial charge in [0.25, 0.3) is 0 Å². The Morgan fingerprint density at radius 3 is 2.86 bits per heavy atom. The largest absolute Gasteiger partial charge is 0.381 e. The third-order valence-electron chi connectivity index (χ3n) is 3.29. The van der Waals surface area contributed by atoms with Gasteiger partial charge in [0.05, 0.1) is 10.6 Å². The van der Waals surface area contributed by atoms with E-state index in [2.05, 4.69) is 13.8 Å². The molecule has 0 aromatic rings. The van der Waals surface area contributed by atoms with Gasteiger partial charge in [-0.2, -0.15) is 0 Å². The number of thioether (sulfide) groups is 1. The lowest BCUT2D eigenvalue weighted by Crippen LogP contribution is -2.34. The van der Waals surface area contributed by atoms with Crippen molar-refractivity contribution in [3.05, 3.63) is 0 Å². The third-order valence-corrected chi connectivity index (χ3v) is 4.76. The second-order valence-corrected chi connectivity index (χ2v) is 5.38. The van der Waals surface area contributed by atoms with Crippen molar-refractivity contribution < 1.29 is 4.74 Å². The minimum absolute atomic E-state index is 0.252. The molecule has 80 valence electrons. The van der Waals surface area contributed by atoms with E-state index in [0.29, 0.717) is 5.92 Å². The van der Waals surface area contributed by atoms with Crippen LogP contribution in [0.15, 0.2) is 4.99 Å². The Morgan fingerprint density at radius 1 is 1.50 bits per heavy atom. The first kappa shape index (κ1) is 10.5. The molecule has 2 aliphatic rings. The van der Waals surface area contributed by atoms with Crippen molar-refractivity contribution in [1.29, 1.82) is 0 Å². The van der Waals surface area contributed by atoms with Gasteiger partial charge in [0.2, 0.25) is 0 Å². The van der Waals surface area contributed by atoms with Crippen molar-refractivity contribution in [2.45, 2.75) is 38.6 Å². The van der Waals surface area contributed by atoms with Crippen LogP contribution in [0.5, 0.6) is 0 Å². The molecule has 0 bridgehead atoms. The molecule has 1 spiro atoms. The maximum absolute atomic E-state index is 5.40. The Bertz CT molecular complexity index is 233. The SMILES string of the molecule is CCC(C)C1=NC2(CCOCC2)CS1.